The van der Waals surface area contributed by atoms with E-state index in [9.17, 15) is 4.79 Å². The lowest BCUT2D eigenvalue weighted by molar-refractivity contribution is -0.120. The molecule has 1 amide bonds. The Bertz CT molecular complexity index is 355. The summed E-state index contributed by atoms with van der Waals surface area (Å²) in [5.74, 6) is 2.12. The third-order valence-corrected chi connectivity index (χ3v) is 3.23. The van der Waals surface area contributed by atoms with Crippen LogP contribution in [0.4, 0.5) is 0 Å². The minimum absolute atomic E-state index is 0.138. The van der Waals surface area contributed by atoms with Crippen molar-refractivity contribution < 1.29 is 4.79 Å². The zero-order chi connectivity index (χ0) is 12.5. The van der Waals surface area contributed by atoms with E-state index in [1.54, 1.807) is 11.8 Å². The lowest BCUT2D eigenvalue weighted by Gasteiger charge is -2.05. The number of nitrogens with one attached hydrogen (secondary N) is 1. The average molecular weight is 252 g/mol. The maximum absolute atomic E-state index is 11.4. The van der Waals surface area contributed by atoms with Crippen LogP contribution in [0.2, 0.25) is 0 Å². The summed E-state index contributed by atoms with van der Waals surface area (Å²) in [4.78, 5) is 15.8. The minimum atomic E-state index is 0.138. The molecule has 0 aliphatic rings. The highest BCUT2D eigenvalue weighted by molar-refractivity contribution is 7.99. The minimum Gasteiger partial charge on any atom is -0.356 e. The number of hydrogen-bond acceptors (Lipinski definition) is 3. The highest BCUT2D eigenvalue weighted by Crippen LogP contribution is 2.01. The van der Waals surface area contributed by atoms with Crippen molar-refractivity contribution in [3.8, 4) is 0 Å². The van der Waals surface area contributed by atoms with Gasteiger partial charge in [0.2, 0.25) is 5.91 Å². The van der Waals surface area contributed by atoms with E-state index in [1.807, 2.05) is 25.1 Å². The molecule has 4 heteroatoms. The van der Waals surface area contributed by atoms with Crippen LogP contribution in [0.1, 0.15) is 24.7 Å². The number of aryl methyl sites for hydroxylation is 1. The van der Waals surface area contributed by atoms with Crippen LogP contribution in [0, 0.1) is 6.92 Å². The van der Waals surface area contributed by atoms with Crippen molar-refractivity contribution in [1.29, 1.82) is 0 Å². The normalized spacial score (nSPS) is 10.2. The van der Waals surface area contributed by atoms with Gasteiger partial charge in [0.15, 0.2) is 0 Å². The Labute approximate surface area is 107 Å². The second-order valence-electron chi connectivity index (χ2n) is 3.82. The van der Waals surface area contributed by atoms with E-state index in [-0.39, 0.29) is 5.91 Å². The maximum Gasteiger partial charge on any atom is 0.220 e. The molecule has 1 aromatic rings. The first-order chi connectivity index (χ1) is 8.22. The molecule has 0 radical (unpaired) electrons. The van der Waals surface area contributed by atoms with E-state index in [0.717, 1.165) is 29.3 Å². The van der Waals surface area contributed by atoms with Crippen LogP contribution in [0.25, 0.3) is 0 Å². The average Bonchev–Trinajstić information content (AvgIpc) is 2.29. The van der Waals surface area contributed by atoms with Gasteiger partial charge in [-0.2, -0.15) is 11.8 Å². The van der Waals surface area contributed by atoms with E-state index in [0.29, 0.717) is 13.0 Å². The summed E-state index contributed by atoms with van der Waals surface area (Å²) in [6.07, 6.45) is 1.41. The number of carbonyl (C=O) groups excluding carboxylic acids is 1. The van der Waals surface area contributed by atoms with Gasteiger partial charge in [0.1, 0.15) is 0 Å². The Morgan fingerprint density at radius 1 is 1.47 bits per heavy atom. The molecule has 3 nitrogen and oxygen atoms in total. The van der Waals surface area contributed by atoms with Gasteiger partial charge in [0, 0.05) is 36.5 Å². The summed E-state index contributed by atoms with van der Waals surface area (Å²) >= 11 is 1.80. The monoisotopic (exact) mass is 252 g/mol. The number of thioether (sulfide) groups is 1. The first-order valence-electron chi connectivity index (χ1n) is 5.99. The number of hydrogen-bond donors (Lipinski definition) is 1. The molecular weight excluding hydrogens is 232 g/mol. The van der Waals surface area contributed by atoms with Crippen molar-refractivity contribution >= 4 is 17.7 Å². The van der Waals surface area contributed by atoms with Gasteiger partial charge in [-0.15, -0.1) is 0 Å². The Morgan fingerprint density at radius 2 is 2.29 bits per heavy atom. The number of amides is 1. The highest BCUT2D eigenvalue weighted by Gasteiger charge is 2.01. The summed E-state index contributed by atoms with van der Waals surface area (Å²) in [5, 5.41) is 2.92. The van der Waals surface area contributed by atoms with Crippen LogP contribution >= 0.6 is 11.8 Å². The Morgan fingerprint density at radius 3 is 3.00 bits per heavy atom. The number of pyridine rings is 1. The van der Waals surface area contributed by atoms with Gasteiger partial charge in [0.05, 0.1) is 0 Å². The van der Waals surface area contributed by atoms with E-state index < -0.39 is 0 Å². The highest BCUT2D eigenvalue weighted by atomic mass is 32.2. The second kappa shape index (κ2) is 8.12. The van der Waals surface area contributed by atoms with Crippen molar-refractivity contribution in [2.75, 3.05) is 18.1 Å². The lowest BCUT2D eigenvalue weighted by Crippen LogP contribution is -2.26. The summed E-state index contributed by atoms with van der Waals surface area (Å²) < 4.78 is 0. The number of rotatable bonds is 7. The van der Waals surface area contributed by atoms with E-state index in [4.69, 9.17) is 0 Å². The molecule has 0 fully saturated rings. The summed E-state index contributed by atoms with van der Waals surface area (Å²) in [7, 11) is 0. The molecule has 0 spiro atoms. The third kappa shape index (κ3) is 6.31. The van der Waals surface area contributed by atoms with Crippen molar-refractivity contribution in [3.05, 3.63) is 29.6 Å². The van der Waals surface area contributed by atoms with Gasteiger partial charge in [-0.3, -0.25) is 9.78 Å². The summed E-state index contributed by atoms with van der Waals surface area (Å²) in [6, 6.07) is 5.97. The molecule has 0 aliphatic heterocycles. The molecule has 1 heterocycles. The number of carbonyl (C=O) groups is 1. The Balaban J connectivity index is 2.17. The quantitative estimate of drug-likeness (QED) is 0.756. The first-order valence-corrected chi connectivity index (χ1v) is 7.15. The predicted octanol–water partition coefficient (Wildman–Crippen LogP) is 2.19. The Kier molecular flexibility index (Phi) is 6.70. The van der Waals surface area contributed by atoms with E-state index >= 15 is 0 Å². The number of nitrogens with zero attached hydrogens (tertiary/aromatic N) is 1. The smallest absolute Gasteiger partial charge is 0.220 e. The Hall–Kier alpha value is -1.03. The van der Waals surface area contributed by atoms with Crippen LogP contribution in [-0.2, 0) is 11.2 Å². The SMILES string of the molecule is CCSCCC(=O)NCCc1cccc(C)n1. The van der Waals surface area contributed by atoms with Gasteiger partial charge in [0.25, 0.3) is 0 Å². The maximum atomic E-state index is 11.4. The molecule has 17 heavy (non-hydrogen) atoms. The fourth-order valence-corrected chi connectivity index (χ4v) is 2.08. The number of aromatic nitrogens is 1. The third-order valence-electron chi connectivity index (χ3n) is 2.33. The molecule has 0 saturated carbocycles. The van der Waals surface area contributed by atoms with Gasteiger partial charge >= 0.3 is 0 Å². The van der Waals surface area contributed by atoms with Crippen molar-refractivity contribution in [3.63, 3.8) is 0 Å². The summed E-state index contributed by atoms with van der Waals surface area (Å²) in [5.41, 5.74) is 2.06. The van der Waals surface area contributed by atoms with E-state index in [1.165, 1.54) is 0 Å². The van der Waals surface area contributed by atoms with Crippen molar-refractivity contribution in [1.82, 2.24) is 10.3 Å². The molecule has 0 aliphatic carbocycles. The molecule has 1 N–H and O–H groups in total. The molecule has 0 saturated heterocycles. The van der Waals surface area contributed by atoms with Gasteiger partial charge in [-0.05, 0) is 24.8 Å². The predicted molar refractivity (Wildman–Crippen MR) is 73.3 cm³/mol. The molecule has 94 valence electrons. The van der Waals surface area contributed by atoms with Crippen LogP contribution in [0.5, 0.6) is 0 Å². The molecule has 0 unspecified atom stereocenters. The molecule has 0 atom stereocenters. The van der Waals surface area contributed by atoms with Crippen LogP contribution < -0.4 is 5.32 Å². The van der Waals surface area contributed by atoms with Crippen molar-refractivity contribution in [2.45, 2.75) is 26.7 Å². The second-order valence-corrected chi connectivity index (χ2v) is 5.21. The fourth-order valence-electron chi connectivity index (χ4n) is 1.47. The standard InChI is InChI=1S/C13H20N2OS/c1-3-17-10-8-13(16)14-9-7-12-6-4-5-11(2)15-12/h4-6H,3,7-10H2,1-2H3,(H,14,16). The van der Waals surface area contributed by atoms with Crippen molar-refractivity contribution in [2.24, 2.45) is 0 Å². The largest absolute Gasteiger partial charge is 0.356 e. The van der Waals surface area contributed by atoms with Gasteiger partial charge < -0.3 is 5.32 Å². The first kappa shape index (κ1) is 14.0. The van der Waals surface area contributed by atoms with Gasteiger partial charge in [-0.25, -0.2) is 0 Å². The fraction of sp³-hybridized carbons (Fsp3) is 0.538. The van der Waals surface area contributed by atoms with Crippen LogP contribution in [-0.4, -0.2) is 28.9 Å². The topological polar surface area (TPSA) is 42.0 Å². The molecule has 0 aromatic carbocycles. The zero-order valence-electron chi connectivity index (χ0n) is 10.5. The molecule has 1 rings (SSSR count). The summed E-state index contributed by atoms with van der Waals surface area (Å²) in [6.45, 7) is 4.75. The van der Waals surface area contributed by atoms with Gasteiger partial charge in [-0.1, -0.05) is 13.0 Å². The molecular formula is C13H20N2OS. The van der Waals surface area contributed by atoms with Crippen LogP contribution in [0.3, 0.4) is 0 Å². The molecule has 1 aromatic heterocycles. The van der Waals surface area contributed by atoms with Crippen LogP contribution in [0.15, 0.2) is 18.2 Å². The zero-order valence-corrected chi connectivity index (χ0v) is 11.3. The lowest BCUT2D eigenvalue weighted by atomic mass is 10.2. The molecule has 0 bridgehead atoms. The van der Waals surface area contributed by atoms with E-state index in [2.05, 4.69) is 17.2 Å².